The zero-order valence-electron chi connectivity index (χ0n) is 19.9. The Labute approximate surface area is 176 Å². The quantitative estimate of drug-likeness (QED) is 0.418. The van der Waals surface area contributed by atoms with E-state index in [0.717, 1.165) is 17.4 Å². The Morgan fingerprint density at radius 2 is 1.56 bits per heavy atom. The lowest BCUT2D eigenvalue weighted by atomic mass is 9.95. The number of Topliss-reactive ketones (excluding diaryl/α,β-unsaturated/α-hetero) is 1. The molecule has 1 aromatic carbocycles. The average molecular weight is 399 g/mol. The maximum atomic E-state index is 11.1. The molecule has 1 nitrogen and oxygen atoms in total. The van der Waals surface area contributed by atoms with Crippen molar-refractivity contribution in [2.24, 2.45) is 17.8 Å². The Hall–Kier alpha value is -0.820. The third-order valence-electron chi connectivity index (χ3n) is 4.03. The van der Waals surface area contributed by atoms with Crippen molar-refractivity contribution in [3.05, 3.63) is 34.9 Å². The first-order chi connectivity index (χ1) is 12.6. The molecule has 0 aromatic heterocycles. The van der Waals surface area contributed by atoms with Crippen LogP contribution in [-0.4, -0.2) is 5.78 Å². The topological polar surface area (TPSA) is 17.1 Å². The van der Waals surface area contributed by atoms with E-state index < -0.39 is 0 Å². The van der Waals surface area contributed by atoms with Gasteiger partial charge in [-0.2, -0.15) is 0 Å². The molecule has 0 aliphatic carbocycles. The highest BCUT2D eigenvalue weighted by molar-refractivity contribution is 6.30. The van der Waals surface area contributed by atoms with Gasteiger partial charge in [-0.3, -0.25) is 4.79 Å². The largest absolute Gasteiger partial charge is 0.299 e. The second-order valence-electron chi connectivity index (χ2n) is 7.56. The van der Waals surface area contributed by atoms with Crippen molar-refractivity contribution in [3.8, 4) is 0 Å². The Morgan fingerprint density at radius 3 is 1.81 bits per heavy atom. The van der Waals surface area contributed by atoms with E-state index in [1.807, 2.05) is 72.7 Å². The molecule has 0 spiro atoms. The number of halogens is 1. The van der Waals surface area contributed by atoms with Crippen LogP contribution in [0, 0.1) is 24.7 Å². The zero-order valence-corrected chi connectivity index (χ0v) is 20.6. The van der Waals surface area contributed by atoms with Crippen molar-refractivity contribution in [2.45, 2.75) is 101 Å². The second kappa shape index (κ2) is 21.5. The van der Waals surface area contributed by atoms with Crippen LogP contribution in [0.1, 0.15) is 100.0 Å². The maximum absolute atomic E-state index is 11.1. The molecule has 0 radical (unpaired) electrons. The Kier molecular flexibility index (Phi) is 24.6. The van der Waals surface area contributed by atoms with Crippen LogP contribution >= 0.6 is 11.6 Å². The number of rotatable bonds is 7. The van der Waals surface area contributed by atoms with Gasteiger partial charge in [0.1, 0.15) is 5.78 Å². The molecule has 1 unspecified atom stereocenters. The summed E-state index contributed by atoms with van der Waals surface area (Å²) in [6.07, 6.45) is 6.57. The number of ketones is 1. The van der Waals surface area contributed by atoms with E-state index in [0.29, 0.717) is 5.78 Å². The average Bonchev–Trinajstić information content (AvgIpc) is 2.63. The van der Waals surface area contributed by atoms with Gasteiger partial charge in [0.25, 0.3) is 0 Å². The van der Waals surface area contributed by atoms with Gasteiger partial charge in [-0.25, -0.2) is 0 Å². The van der Waals surface area contributed by atoms with Crippen molar-refractivity contribution in [1.29, 1.82) is 0 Å². The van der Waals surface area contributed by atoms with Crippen LogP contribution in [0.3, 0.4) is 0 Å². The van der Waals surface area contributed by atoms with Gasteiger partial charge in [-0.15, -0.1) is 0 Å². The van der Waals surface area contributed by atoms with Crippen molar-refractivity contribution >= 4 is 17.4 Å². The zero-order chi connectivity index (χ0) is 21.8. The molecule has 0 bridgehead atoms. The summed E-state index contributed by atoms with van der Waals surface area (Å²) in [6, 6.07) is 7.76. The van der Waals surface area contributed by atoms with Crippen LogP contribution in [0.5, 0.6) is 0 Å². The number of unbranched alkanes of at least 4 members (excludes halogenated alkanes) is 2. The molecule has 0 aliphatic heterocycles. The fourth-order valence-electron chi connectivity index (χ4n) is 2.18. The summed E-state index contributed by atoms with van der Waals surface area (Å²) in [4.78, 5) is 11.1. The van der Waals surface area contributed by atoms with Gasteiger partial charge in [0.15, 0.2) is 0 Å². The fraction of sp³-hybridized carbons (Fsp3) is 0.720. The van der Waals surface area contributed by atoms with Crippen LogP contribution in [0.25, 0.3) is 0 Å². The van der Waals surface area contributed by atoms with E-state index >= 15 is 0 Å². The lowest BCUT2D eigenvalue weighted by Crippen LogP contribution is -2.15. The van der Waals surface area contributed by atoms with Gasteiger partial charge in [0.2, 0.25) is 0 Å². The SMILES string of the molecule is CC.CCC(C)C(=O)C(C)C.CCCCCC(C)C.Cc1cccc(Cl)c1. The van der Waals surface area contributed by atoms with Crippen molar-refractivity contribution in [1.82, 2.24) is 0 Å². The summed E-state index contributed by atoms with van der Waals surface area (Å²) < 4.78 is 0. The van der Waals surface area contributed by atoms with E-state index in [2.05, 4.69) is 20.8 Å². The van der Waals surface area contributed by atoms with E-state index in [4.69, 9.17) is 11.6 Å². The molecule has 2 heteroatoms. The molecule has 0 heterocycles. The molecular formula is C25H47ClO. The molecule has 1 rings (SSSR count). The summed E-state index contributed by atoms with van der Waals surface area (Å²) in [5.74, 6) is 1.75. The first-order valence-corrected chi connectivity index (χ1v) is 11.3. The smallest absolute Gasteiger partial charge is 0.138 e. The van der Waals surface area contributed by atoms with E-state index in [9.17, 15) is 4.79 Å². The molecule has 0 saturated heterocycles. The van der Waals surface area contributed by atoms with Crippen molar-refractivity contribution in [2.75, 3.05) is 0 Å². The van der Waals surface area contributed by atoms with Crippen molar-refractivity contribution in [3.63, 3.8) is 0 Å². The summed E-state index contributed by atoms with van der Waals surface area (Å²) in [7, 11) is 0. The van der Waals surface area contributed by atoms with Crippen LogP contribution < -0.4 is 0 Å². The monoisotopic (exact) mass is 398 g/mol. The lowest BCUT2D eigenvalue weighted by molar-refractivity contribution is -0.125. The minimum Gasteiger partial charge on any atom is -0.299 e. The maximum Gasteiger partial charge on any atom is 0.138 e. The van der Waals surface area contributed by atoms with Crippen LogP contribution in [0.2, 0.25) is 5.02 Å². The highest BCUT2D eigenvalue weighted by Gasteiger charge is 2.13. The van der Waals surface area contributed by atoms with Gasteiger partial charge in [0, 0.05) is 16.9 Å². The molecule has 0 amide bonds. The van der Waals surface area contributed by atoms with Gasteiger partial charge in [0.05, 0.1) is 0 Å². The molecule has 0 aliphatic rings. The summed E-state index contributed by atoms with van der Waals surface area (Å²) in [5.41, 5.74) is 1.21. The number of hydrogen-bond acceptors (Lipinski definition) is 1. The van der Waals surface area contributed by atoms with Crippen molar-refractivity contribution < 1.29 is 4.79 Å². The lowest BCUT2D eigenvalue weighted by Gasteiger charge is -2.08. The predicted molar refractivity (Wildman–Crippen MR) is 126 cm³/mol. The van der Waals surface area contributed by atoms with E-state index in [1.54, 1.807) is 0 Å². The van der Waals surface area contributed by atoms with Gasteiger partial charge < -0.3 is 0 Å². The van der Waals surface area contributed by atoms with E-state index in [1.165, 1.54) is 31.2 Å². The molecule has 0 saturated carbocycles. The number of carbonyl (C=O) groups is 1. The van der Waals surface area contributed by atoms with Gasteiger partial charge >= 0.3 is 0 Å². The Bertz CT molecular complexity index is 420. The summed E-state index contributed by atoms with van der Waals surface area (Å²) >= 11 is 5.64. The first kappa shape index (κ1) is 30.9. The molecule has 160 valence electrons. The number of aryl methyl sites for hydroxylation is 1. The minimum absolute atomic E-state index is 0.208. The molecule has 0 N–H and O–H groups in total. The molecule has 1 atom stereocenters. The third-order valence-corrected chi connectivity index (χ3v) is 4.27. The number of carbonyl (C=O) groups excluding carboxylic acids is 1. The molecular weight excluding hydrogens is 352 g/mol. The fourth-order valence-corrected chi connectivity index (χ4v) is 2.42. The summed E-state index contributed by atoms with van der Waals surface area (Å²) in [6.45, 7) is 20.8. The predicted octanol–water partition coefficient (Wildman–Crippen LogP) is 9.15. The standard InChI is InChI=1S/C8H16O.C8H18.C7H7Cl.C2H6/c1-5-7(4)8(9)6(2)3;1-4-5-6-7-8(2)3;1-6-3-2-4-7(8)5-6;1-2/h6-7H,5H2,1-4H3;8H,4-7H2,1-3H3;2-5H,1H3;1-2H3. The first-order valence-electron chi connectivity index (χ1n) is 10.9. The highest BCUT2D eigenvalue weighted by atomic mass is 35.5. The molecule has 27 heavy (non-hydrogen) atoms. The highest BCUT2D eigenvalue weighted by Crippen LogP contribution is 2.09. The Morgan fingerprint density at radius 1 is 1.00 bits per heavy atom. The number of benzene rings is 1. The summed E-state index contributed by atoms with van der Waals surface area (Å²) in [5, 5.41) is 0.810. The number of hydrogen-bond donors (Lipinski definition) is 0. The van der Waals surface area contributed by atoms with Crippen LogP contribution in [-0.2, 0) is 4.79 Å². The second-order valence-corrected chi connectivity index (χ2v) is 7.99. The normalized spacial score (nSPS) is 10.7. The van der Waals surface area contributed by atoms with Crippen LogP contribution in [0.4, 0.5) is 0 Å². The minimum atomic E-state index is 0.208. The van der Waals surface area contributed by atoms with Gasteiger partial charge in [-0.1, -0.05) is 112 Å². The molecule has 0 fully saturated rings. The Balaban J connectivity index is -0.000000306. The van der Waals surface area contributed by atoms with Crippen LogP contribution in [0.15, 0.2) is 24.3 Å². The third kappa shape index (κ3) is 23.1. The van der Waals surface area contributed by atoms with Gasteiger partial charge in [-0.05, 0) is 37.0 Å². The van der Waals surface area contributed by atoms with E-state index in [-0.39, 0.29) is 11.8 Å². The molecule has 1 aromatic rings.